The van der Waals surface area contributed by atoms with E-state index in [-0.39, 0.29) is 11.1 Å². The smallest absolute Gasteiger partial charge is 0.335 e. The molecule has 1 heterocycles. The number of urea groups is 1. The van der Waals surface area contributed by atoms with Crippen molar-refractivity contribution >= 4 is 35.6 Å². The summed E-state index contributed by atoms with van der Waals surface area (Å²) < 4.78 is 0. The van der Waals surface area contributed by atoms with Crippen LogP contribution >= 0.6 is 0 Å². The lowest BCUT2D eigenvalue weighted by Gasteiger charge is -2.26. The molecule has 2 aromatic carbocycles. The fraction of sp³-hybridized carbons (Fsp3) is 0. The Bertz CT molecular complexity index is 901. The first-order chi connectivity index (χ1) is 12.0. The monoisotopic (exact) mass is 336 g/mol. The number of carboxylic acid groups (broad SMARTS) is 1. The average molecular weight is 336 g/mol. The lowest BCUT2D eigenvalue weighted by molar-refractivity contribution is -0.122. The number of barbiturate groups is 1. The Morgan fingerprint density at radius 1 is 0.960 bits per heavy atom. The Morgan fingerprint density at radius 2 is 1.60 bits per heavy atom. The molecule has 7 heteroatoms. The molecule has 0 aromatic heterocycles. The van der Waals surface area contributed by atoms with E-state index in [0.717, 1.165) is 4.90 Å². The van der Waals surface area contributed by atoms with Crippen molar-refractivity contribution < 1.29 is 24.3 Å². The molecule has 1 saturated heterocycles. The lowest BCUT2D eigenvalue weighted by atomic mass is 10.1. The maximum atomic E-state index is 12.6. The first-order valence-corrected chi connectivity index (χ1v) is 7.27. The van der Waals surface area contributed by atoms with Crippen LogP contribution < -0.4 is 10.2 Å². The van der Waals surface area contributed by atoms with Gasteiger partial charge in [0.25, 0.3) is 11.8 Å². The van der Waals surface area contributed by atoms with Crippen molar-refractivity contribution in [3.63, 3.8) is 0 Å². The van der Waals surface area contributed by atoms with E-state index in [4.69, 9.17) is 5.11 Å². The van der Waals surface area contributed by atoms with Gasteiger partial charge in [0.15, 0.2) is 0 Å². The Balaban J connectivity index is 1.97. The first-order valence-electron chi connectivity index (χ1n) is 7.27. The minimum atomic E-state index is -1.08. The van der Waals surface area contributed by atoms with E-state index in [1.54, 1.807) is 30.3 Å². The molecule has 2 N–H and O–H groups in total. The SMILES string of the molecule is O=C1NC(=O)N(c2ccccc2)C(=O)/C1=C\c1ccc(C(=O)O)cc1. The van der Waals surface area contributed by atoms with Crippen LogP contribution in [0.4, 0.5) is 10.5 Å². The van der Waals surface area contributed by atoms with Gasteiger partial charge in [0.05, 0.1) is 11.3 Å². The third-order valence-electron chi connectivity index (χ3n) is 3.58. The van der Waals surface area contributed by atoms with Crippen LogP contribution in [0.2, 0.25) is 0 Å². The Labute approximate surface area is 142 Å². The van der Waals surface area contributed by atoms with Gasteiger partial charge in [-0.3, -0.25) is 14.9 Å². The molecule has 1 aliphatic rings. The predicted molar refractivity (Wildman–Crippen MR) is 88.8 cm³/mol. The molecule has 0 aliphatic carbocycles. The number of carbonyl (C=O) groups excluding carboxylic acids is 3. The zero-order chi connectivity index (χ0) is 18.0. The zero-order valence-corrected chi connectivity index (χ0v) is 12.8. The van der Waals surface area contributed by atoms with Crippen LogP contribution in [0.3, 0.4) is 0 Å². The summed E-state index contributed by atoms with van der Waals surface area (Å²) in [6.45, 7) is 0. The van der Waals surface area contributed by atoms with E-state index in [1.165, 1.54) is 30.3 Å². The van der Waals surface area contributed by atoms with Gasteiger partial charge in [0.1, 0.15) is 5.57 Å². The van der Waals surface area contributed by atoms with Crippen LogP contribution in [0, 0.1) is 0 Å². The summed E-state index contributed by atoms with van der Waals surface area (Å²) in [5, 5.41) is 11.0. The van der Waals surface area contributed by atoms with Crippen LogP contribution in [-0.4, -0.2) is 28.9 Å². The minimum Gasteiger partial charge on any atom is -0.478 e. The van der Waals surface area contributed by atoms with Crippen molar-refractivity contribution in [1.29, 1.82) is 0 Å². The van der Waals surface area contributed by atoms with E-state index >= 15 is 0 Å². The number of amides is 4. The lowest BCUT2D eigenvalue weighted by Crippen LogP contribution is -2.54. The number of carboxylic acids is 1. The molecular weight excluding hydrogens is 324 g/mol. The van der Waals surface area contributed by atoms with E-state index in [2.05, 4.69) is 5.32 Å². The Kier molecular flexibility index (Phi) is 4.13. The molecule has 0 atom stereocenters. The summed E-state index contributed by atoms with van der Waals surface area (Å²) in [6.07, 6.45) is 1.31. The molecule has 7 nitrogen and oxygen atoms in total. The zero-order valence-electron chi connectivity index (χ0n) is 12.8. The Morgan fingerprint density at radius 3 is 2.20 bits per heavy atom. The van der Waals surface area contributed by atoms with Gasteiger partial charge in [0.2, 0.25) is 0 Å². The highest BCUT2D eigenvalue weighted by Gasteiger charge is 2.36. The largest absolute Gasteiger partial charge is 0.478 e. The number of aromatic carboxylic acids is 1. The highest BCUT2D eigenvalue weighted by molar-refractivity contribution is 6.39. The number of anilines is 1. The number of hydrogen-bond acceptors (Lipinski definition) is 4. The van der Waals surface area contributed by atoms with Crippen molar-refractivity contribution in [2.24, 2.45) is 0 Å². The van der Waals surface area contributed by atoms with Gasteiger partial charge in [-0.05, 0) is 35.9 Å². The molecule has 0 saturated carbocycles. The maximum Gasteiger partial charge on any atom is 0.335 e. The number of nitrogens with zero attached hydrogens (tertiary/aromatic N) is 1. The van der Waals surface area contributed by atoms with Gasteiger partial charge < -0.3 is 5.11 Å². The molecule has 0 spiro atoms. The number of hydrogen-bond donors (Lipinski definition) is 2. The van der Waals surface area contributed by atoms with Crippen LogP contribution in [0.1, 0.15) is 15.9 Å². The summed E-state index contributed by atoms with van der Waals surface area (Å²) in [7, 11) is 0. The molecule has 4 amide bonds. The van der Waals surface area contributed by atoms with Gasteiger partial charge in [-0.25, -0.2) is 14.5 Å². The third kappa shape index (κ3) is 3.16. The number of rotatable bonds is 3. The number of benzene rings is 2. The summed E-state index contributed by atoms with van der Waals surface area (Å²) in [4.78, 5) is 48.4. The van der Waals surface area contributed by atoms with Crippen LogP contribution in [-0.2, 0) is 9.59 Å². The van der Waals surface area contributed by atoms with Crippen LogP contribution in [0.5, 0.6) is 0 Å². The highest BCUT2D eigenvalue weighted by Crippen LogP contribution is 2.21. The topological polar surface area (TPSA) is 104 Å². The van der Waals surface area contributed by atoms with Gasteiger partial charge in [-0.2, -0.15) is 0 Å². The average Bonchev–Trinajstić information content (AvgIpc) is 2.60. The highest BCUT2D eigenvalue weighted by atomic mass is 16.4. The fourth-order valence-corrected chi connectivity index (χ4v) is 2.36. The quantitative estimate of drug-likeness (QED) is 0.659. The van der Waals surface area contributed by atoms with Crippen molar-refractivity contribution in [3.05, 3.63) is 71.3 Å². The van der Waals surface area contributed by atoms with Crippen molar-refractivity contribution in [2.45, 2.75) is 0 Å². The number of imide groups is 2. The predicted octanol–water partition coefficient (Wildman–Crippen LogP) is 2.05. The number of para-hydroxylation sites is 1. The molecule has 124 valence electrons. The number of nitrogens with one attached hydrogen (secondary N) is 1. The van der Waals surface area contributed by atoms with E-state index in [9.17, 15) is 19.2 Å². The summed E-state index contributed by atoms with van der Waals surface area (Å²) in [5.41, 5.74) is 0.671. The summed E-state index contributed by atoms with van der Waals surface area (Å²) in [5.74, 6) is -2.63. The minimum absolute atomic E-state index is 0.0858. The second kappa shape index (κ2) is 6.40. The standard InChI is InChI=1S/C18H12N2O5/c21-15-14(10-11-6-8-12(9-7-11)17(23)24)16(22)20(18(25)19-15)13-4-2-1-3-5-13/h1-10H,(H,23,24)(H,19,21,25)/b14-10-. The van der Waals surface area contributed by atoms with E-state index < -0.39 is 23.8 Å². The fourth-order valence-electron chi connectivity index (χ4n) is 2.36. The van der Waals surface area contributed by atoms with Gasteiger partial charge in [-0.15, -0.1) is 0 Å². The molecule has 1 fully saturated rings. The molecule has 0 unspecified atom stereocenters. The molecule has 0 radical (unpaired) electrons. The van der Waals surface area contributed by atoms with Crippen LogP contribution in [0.15, 0.2) is 60.2 Å². The first kappa shape index (κ1) is 16.1. The second-order valence-electron chi connectivity index (χ2n) is 5.22. The Hall–Kier alpha value is -3.74. The number of carbonyl (C=O) groups is 4. The molecule has 1 aliphatic heterocycles. The normalized spacial score (nSPS) is 16.1. The molecular formula is C18H12N2O5. The van der Waals surface area contributed by atoms with Gasteiger partial charge >= 0.3 is 12.0 Å². The summed E-state index contributed by atoms with van der Waals surface area (Å²) in [6, 6.07) is 13.1. The summed E-state index contributed by atoms with van der Waals surface area (Å²) >= 11 is 0. The third-order valence-corrected chi connectivity index (χ3v) is 3.58. The van der Waals surface area contributed by atoms with E-state index in [1.807, 2.05) is 0 Å². The van der Waals surface area contributed by atoms with E-state index in [0.29, 0.717) is 11.3 Å². The van der Waals surface area contributed by atoms with Gasteiger partial charge in [-0.1, -0.05) is 30.3 Å². The van der Waals surface area contributed by atoms with Crippen molar-refractivity contribution in [3.8, 4) is 0 Å². The van der Waals surface area contributed by atoms with Crippen molar-refractivity contribution in [1.82, 2.24) is 5.32 Å². The molecule has 0 bridgehead atoms. The van der Waals surface area contributed by atoms with Crippen LogP contribution in [0.25, 0.3) is 6.08 Å². The second-order valence-corrected chi connectivity index (χ2v) is 5.22. The van der Waals surface area contributed by atoms with Crippen molar-refractivity contribution in [2.75, 3.05) is 4.90 Å². The molecule has 3 rings (SSSR count). The molecule has 25 heavy (non-hydrogen) atoms. The maximum absolute atomic E-state index is 12.6. The van der Waals surface area contributed by atoms with Gasteiger partial charge in [0, 0.05) is 0 Å². The molecule has 2 aromatic rings.